The lowest BCUT2D eigenvalue weighted by Crippen LogP contribution is -2.31. The van der Waals surface area contributed by atoms with Crippen LogP contribution in [-0.2, 0) is 6.54 Å². The summed E-state index contributed by atoms with van der Waals surface area (Å²) in [5, 5.41) is 12.6. The van der Waals surface area contributed by atoms with Gasteiger partial charge in [-0.15, -0.1) is 0 Å². The largest absolute Gasteiger partial charge is 0.366 e. The fraction of sp³-hybridized carbons (Fsp3) is 0.296. The van der Waals surface area contributed by atoms with E-state index in [1.165, 1.54) is 17.4 Å². The van der Waals surface area contributed by atoms with Crippen molar-refractivity contribution in [2.24, 2.45) is 0 Å². The van der Waals surface area contributed by atoms with Crippen molar-refractivity contribution in [2.75, 3.05) is 22.9 Å². The molecule has 1 aliphatic rings. The Morgan fingerprint density at radius 2 is 1.89 bits per heavy atom. The standard InChI is InChI=1S/C27H27N5O3S/c1-18-8-9-19(2)25-24(18)29-27(36-25)31(17-20-7-6-12-28-16-20)26(33)21-10-11-22(23(15-21)32(34)35)30-13-4-3-5-14-30/h6-12,15-16H,3-5,13-14,17H2,1-2H3. The summed E-state index contributed by atoms with van der Waals surface area (Å²) < 4.78 is 1.03. The number of nitro groups is 1. The van der Waals surface area contributed by atoms with E-state index >= 15 is 0 Å². The second-order valence-electron chi connectivity index (χ2n) is 9.13. The van der Waals surface area contributed by atoms with E-state index < -0.39 is 4.92 Å². The lowest BCUT2D eigenvalue weighted by atomic mass is 10.1. The van der Waals surface area contributed by atoms with Crippen LogP contribution in [0.5, 0.6) is 0 Å². The van der Waals surface area contributed by atoms with Crippen LogP contribution in [0.2, 0.25) is 0 Å². The summed E-state index contributed by atoms with van der Waals surface area (Å²) in [6.07, 6.45) is 6.54. The van der Waals surface area contributed by atoms with Crippen LogP contribution in [0, 0.1) is 24.0 Å². The molecule has 0 radical (unpaired) electrons. The predicted octanol–water partition coefficient (Wildman–Crippen LogP) is 6.05. The number of piperidine rings is 1. The van der Waals surface area contributed by atoms with Gasteiger partial charge >= 0.3 is 0 Å². The highest BCUT2D eigenvalue weighted by Gasteiger charge is 2.27. The van der Waals surface area contributed by atoms with Gasteiger partial charge < -0.3 is 4.90 Å². The van der Waals surface area contributed by atoms with E-state index in [-0.39, 0.29) is 23.7 Å². The number of fused-ring (bicyclic) bond motifs is 1. The number of carbonyl (C=O) groups is 1. The molecule has 2 aromatic heterocycles. The van der Waals surface area contributed by atoms with Gasteiger partial charge in [0.1, 0.15) is 5.69 Å². The Morgan fingerprint density at radius 1 is 1.11 bits per heavy atom. The quantitative estimate of drug-likeness (QED) is 0.236. The van der Waals surface area contributed by atoms with Gasteiger partial charge in [0.25, 0.3) is 11.6 Å². The number of benzene rings is 2. The van der Waals surface area contributed by atoms with E-state index in [4.69, 9.17) is 4.98 Å². The lowest BCUT2D eigenvalue weighted by Gasteiger charge is -2.28. The van der Waals surface area contributed by atoms with Crippen LogP contribution in [0.25, 0.3) is 10.2 Å². The topological polar surface area (TPSA) is 92.5 Å². The molecule has 1 saturated heterocycles. The lowest BCUT2D eigenvalue weighted by molar-refractivity contribution is -0.384. The van der Waals surface area contributed by atoms with Gasteiger partial charge in [-0.25, -0.2) is 4.98 Å². The highest BCUT2D eigenvalue weighted by atomic mass is 32.1. The molecule has 0 unspecified atom stereocenters. The molecule has 3 heterocycles. The zero-order valence-corrected chi connectivity index (χ0v) is 21.1. The number of pyridine rings is 1. The van der Waals surface area contributed by atoms with Crippen molar-refractivity contribution in [3.8, 4) is 0 Å². The van der Waals surface area contributed by atoms with Crippen molar-refractivity contribution in [2.45, 2.75) is 39.7 Å². The van der Waals surface area contributed by atoms with Gasteiger partial charge in [-0.1, -0.05) is 29.5 Å². The predicted molar refractivity (Wildman–Crippen MR) is 143 cm³/mol. The number of thiazole rings is 1. The first-order valence-electron chi connectivity index (χ1n) is 12.0. The first-order valence-corrected chi connectivity index (χ1v) is 12.8. The molecular formula is C27H27N5O3S. The molecule has 9 heteroatoms. The summed E-state index contributed by atoms with van der Waals surface area (Å²) in [5.74, 6) is -0.332. The molecule has 0 aliphatic carbocycles. The number of hydrogen-bond acceptors (Lipinski definition) is 7. The fourth-order valence-electron chi connectivity index (χ4n) is 4.62. The molecule has 36 heavy (non-hydrogen) atoms. The van der Waals surface area contributed by atoms with Gasteiger partial charge in [-0.05, 0) is 68.0 Å². The number of nitrogens with zero attached hydrogens (tertiary/aromatic N) is 5. The number of carbonyl (C=O) groups excluding carboxylic acids is 1. The maximum absolute atomic E-state index is 13.9. The van der Waals surface area contributed by atoms with E-state index in [1.54, 1.807) is 29.4 Å². The number of nitro benzene ring substituents is 1. The Balaban J connectivity index is 1.57. The van der Waals surface area contributed by atoms with E-state index in [9.17, 15) is 14.9 Å². The smallest absolute Gasteiger partial charge is 0.293 e. The first kappa shape index (κ1) is 23.9. The second kappa shape index (κ2) is 10.0. The normalized spacial score (nSPS) is 13.7. The highest BCUT2D eigenvalue weighted by molar-refractivity contribution is 7.22. The van der Waals surface area contributed by atoms with Crippen molar-refractivity contribution in [1.29, 1.82) is 0 Å². The van der Waals surface area contributed by atoms with Crippen molar-refractivity contribution in [1.82, 2.24) is 9.97 Å². The number of aryl methyl sites for hydroxylation is 2. The summed E-state index contributed by atoms with van der Waals surface area (Å²) in [6.45, 7) is 5.85. The van der Waals surface area contributed by atoms with E-state index in [1.807, 2.05) is 36.9 Å². The molecule has 2 aromatic carbocycles. The Hall–Kier alpha value is -3.85. The van der Waals surface area contributed by atoms with Gasteiger partial charge in [-0.2, -0.15) is 0 Å². The Morgan fingerprint density at radius 3 is 2.58 bits per heavy atom. The minimum absolute atomic E-state index is 0.0416. The summed E-state index contributed by atoms with van der Waals surface area (Å²) in [5.41, 5.74) is 4.63. The van der Waals surface area contributed by atoms with Crippen LogP contribution < -0.4 is 9.80 Å². The van der Waals surface area contributed by atoms with Crippen LogP contribution in [0.3, 0.4) is 0 Å². The van der Waals surface area contributed by atoms with Gasteiger partial charge in [0.15, 0.2) is 5.13 Å². The van der Waals surface area contributed by atoms with Crippen LogP contribution in [0.15, 0.2) is 54.9 Å². The minimum atomic E-state index is -0.392. The molecule has 0 saturated carbocycles. The molecule has 1 amide bonds. The van der Waals surface area contributed by atoms with E-state index in [0.29, 0.717) is 10.8 Å². The molecule has 5 rings (SSSR count). The Labute approximate surface area is 213 Å². The molecule has 1 fully saturated rings. The van der Waals surface area contributed by atoms with E-state index in [2.05, 4.69) is 11.1 Å². The molecule has 1 aliphatic heterocycles. The van der Waals surface area contributed by atoms with Gasteiger partial charge in [0, 0.05) is 37.1 Å². The zero-order valence-electron chi connectivity index (χ0n) is 20.3. The Kier molecular flexibility index (Phi) is 6.65. The molecule has 4 aromatic rings. The zero-order chi connectivity index (χ0) is 25.2. The number of aromatic nitrogens is 2. The molecule has 184 valence electrons. The highest BCUT2D eigenvalue weighted by Crippen LogP contribution is 2.36. The first-order chi connectivity index (χ1) is 17.4. The summed E-state index contributed by atoms with van der Waals surface area (Å²) in [7, 11) is 0. The molecule has 0 bridgehead atoms. The number of amides is 1. The van der Waals surface area contributed by atoms with E-state index in [0.717, 1.165) is 59.3 Å². The van der Waals surface area contributed by atoms with Gasteiger partial charge in [0.2, 0.25) is 0 Å². The number of anilines is 2. The SMILES string of the molecule is Cc1ccc(C)c2sc(N(Cc3cccnc3)C(=O)c3ccc(N4CCCCC4)c([N+](=O)[O-])c3)nc12. The molecule has 0 N–H and O–H groups in total. The van der Waals surface area contributed by atoms with Crippen molar-refractivity contribution in [3.05, 3.63) is 87.2 Å². The minimum Gasteiger partial charge on any atom is -0.366 e. The summed E-state index contributed by atoms with van der Waals surface area (Å²) >= 11 is 1.46. The third-order valence-electron chi connectivity index (χ3n) is 6.59. The fourth-order valence-corrected chi connectivity index (χ4v) is 5.73. The third kappa shape index (κ3) is 4.66. The number of hydrogen-bond donors (Lipinski definition) is 0. The van der Waals surface area contributed by atoms with Crippen molar-refractivity contribution < 1.29 is 9.72 Å². The molecule has 0 atom stereocenters. The number of rotatable bonds is 6. The average Bonchev–Trinajstić information content (AvgIpc) is 3.36. The maximum Gasteiger partial charge on any atom is 0.293 e. The van der Waals surface area contributed by atoms with Crippen LogP contribution in [0.4, 0.5) is 16.5 Å². The summed E-state index contributed by atoms with van der Waals surface area (Å²) in [4.78, 5) is 38.2. The van der Waals surface area contributed by atoms with Crippen LogP contribution in [-0.4, -0.2) is 33.9 Å². The molecule has 0 spiro atoms. The average molecular weight is 502 g/mol. The maximum atomic E-state index is 13.9. The molecule has 8 nitrogen and oxygen atoms in total. The van der Waals surface area contributed by atoms with Crippen molar-refractivity contribution in [3.63, 3.8) is 0 Å². The van der Waals surface area contributed by atoms with Gasteiger partial charge in [0.05, 0.1) is 21.7 Å². The van der Waals surface area contributed by atoms with Crippen LogP contribution >= 0.6 is 11.3 Å². The second-order valence-corrected chi connectivity index (χ2v) is 10.1. The van der Waals surface area contributed by atoms with Gasteiger partial charge in [-0.3, -0.25) is 24.8 Å². The molecular weight excluding hydrogens is 474 g/mol. The monoisotopic (exact) mass is 501 g/mol. The van der Waals surface area contributed by atoms with Crippen molar-refractivity contribution >= 4 is 44.0 Å². The third-order valence-corrected chi connectivity index (χ3v) is 7.80. The summed E-state index contributed by atoms with van der Waals surface area (Å²) in [6, 6.07) is 12.6. The van der Waals surface area contributed by atoms with Crippen LogP contribution in [0.1, 0.15) is 46.3 Å². The Bertz CT molecular complexity index is 1390.